The number of aromatic nitrogens is 3. The van der Waals surface area contributed by atoms with Gasteiger partial charge in [-0.25, -0.2) is 18.9 Å². The Labute approximate surface area is 155 Å². The molecule has 1 aliphatic heterocycles. The molecule has 27 heavy (non-hydrogen) atoms. The van der Waals surface area contributed by atoms with Crippen LogP contribution in [0.4, 0.5) is 15.8 Å². The summed E-state index contributed by atoms with van der Waals surface area (Å²) in [7, 11) is 1.65. The molecular weight excluding hydrogens is 349 g/mol. The summed E-state index contributed by atoms with van der Waals surface area (Å²) in [5, 5.41) is 5.97. The first kappa shape index (κ1) is 17.1. The predicted molar refractivity (Wildman–Crippen MR) is 102 cm³/mol. The molecule has 0 saturated carbocycles. The van der Waals surface area contributed by atoms with Gasteiger partial charge in [0.25, 0.3) is 0 Å². The van der Waals surface area contributed by atoms with Gasteiger partial charge in [-0.1, -0.05) is 0 Å². The first-order valence-electron chi connectivity index (χ1n) is 8.71. The molecule has 3 aromatic rings. The average Bonchev–Trinajstić information content (AvgIpc) is 3.14. The minimum atomic E-state index is -0.393. The van der Waals surface area contributed by atoms with E-state index >= 15 is 0 Å². The summed E-state index contributed by atoms with van der Waals surface area (Å²) in [5.41, 5.74) is 1.73. The van der Waals surface area contributed by atoms with Gasteiger partial charge in [0.2, 0.25) is 0 Å². The minimum Gasteiger partial charge on any atom is -0.497 e. The van der Waals surface area contributed by atoms with E-state index in [9.17, 15) is 9.18 Å². The van der Waals surface area contributed by atoms with Crippen molar-refractivity contribution in [2.24, 2.45) is 0 Å². The Kier molecular flexibility index (Phi) is 4.53. The Balaban J connectivity index is 1.46. The van der Waals surface area contributed by atoms with Crippen LogP contribution in [0.15, 0.2) is 53.6 Å². The number of hydrogen-bond donors (Lipinski definition) is 1. The topological polar surface area (TPSA) is 66.4 Å². The number of halogens is 1. The maximum absolute atomic E-state index is 14.6. The molecular formula is C19H20FN5O2. The van der Waals surface area contributed by atoms with Crippen molar-refractivity contribution in [1.29, 1.82) is 0 Å². The Morgan fingerprint density at radius 2 is 1.67 bits per heavy atom. The van der Waals surface area contributed by atoms with E-state index in [-0.39, 0.29) is 5.82 Å². The Morgan fingerprint density at radius 3 is 2.26 bits per heavy atom. The van der Waals surface area contributed by atoms with Crippen molar-refractivity contribution in [3.8, 4) is 11.4 Å². The first-order chi connectivity index (χ1) is 13.2. The molecule has 1 fully saturated rings. The van der Waals surface area contributed by atoms with E-state index in [0.29, 0.717) is 24.5 Å². The lowest BCUT2D eigenvalue weighted by Gasteiger charge is -2.37. The highest BCUT2D eigenvalue weighted by molar-refractivity contribution is 5.55. The number of aromatic amines is 1. The zero-order valence-corrected chi connectivity index (χ0v) is 14.9. The highest BCUT2D eigenvalue weighted by Crippen LogP contribution is 2.25. The normalized spacial score (nSPS) is 14.4. The van der Waals surface area contributed by atoms with Gasteiger partial charge in [0.05, 0.1) is 18.5 Å². The third-order valence-corrected chi connectivity index (χ3v) is 4.82. The number of ether oxygens (including phenoxy) is 1. The van der Waals surface area contributed by atoms with Gasteiger partial charge in [0.1, 0.15) is 17.9 Å². The van der Waals surface area contributed by atoms with E-state index in [0.717, 1.165) is 24.5 Å². The van der Waals surface area contributed by atoms with Crippen LogP contribution in [0.1, 0.15) is 0 Å². The summed E-state index contributed by atoms with van der Waals surface area (Å²) >= 11 is 0. The average molecular weight is 369 g/mol. The van der Waals surface area contributed by atoms with Crippen molar-refractivity contribution < 1.29 is 9.13 Å². The number of H-pyrrole nitrogens is 1. The SMILES string of the molecule is COc1ccc(N2CCN(c3ccc(-n4cn[nH]c4=O)cc3F)CC2)cc1. The fraction of sp³-hybridized carbons (Fsp3) is 0.263. The zero-order chi connectivity index (χ0) is 18.8. The van der Waals surface area contributed by atoms with Gasteiger partial charge in [-0.05, 0) is 36.4 Å². The molecule has 8 heteroatoms. The van der Waals surface area contributed by atoms with Crippen LogP contribution in [0.2, 0.25) is 0 Å². The third kappa shape index (κ3) is 3.38. The molecule has 0 atom stereocenters. The number of nitrogens with one attached hydrogen (secondary N) is 1. The van der Waals surface area contributed by atoms with E-state index in [4.69, 9.17) is 4.74 Å². The largest absolute Gasteiger partial charge is 0.497 e. The van der Waals surface area contributed by atoms with Crippen molar-refractivity contribution in [3.05, 3.63) is 65.1 Å². The van der Waals surface area contributed by atoms with Crippen LogP contribution in [0.25, 0.3) is 5.69 Å². The molecule has 2 heterocycles. The summed E-state index contributed by atoms with van der Waals surface area (Å²) in [6, 6.07) is 12.8. The standard InChI is InChI=1S/C19H20FN5O2/c1-27-16-5-2-14(3-6-16)23-8-10-24(11-9-23)18-7-4-15(12-17(18)20)25-13-21-22-19(25)26/h2-7,12-13H,8-11H2,1H3,(H,22,26). The Hall–Kier alpha value is -3.29. The Morgan fingerprint density at radius 1 is 1.00 bits per heavy atom. The van der Waals surface area contributed by atoms with Gasteiger partial charge < -0.3 is 14.5 Å². The third-order valence-electron chi connectivity index (χ3n) is 4.82. The number of nitrogens with zero attached hydrogens (tertiary/aromatic N) is 4. The van der Waals surface area contributed by atoms with Gasteiger partial charge >= 0.3 is 5.69 Å². The molecule has 1 aromatic heterocycles. The van der Waals surface area contributed by atoms with Gasteiger partial charge in [0.15, 0.2) is 0 Å². The van der Waals surface area contributed by atoms with Crippen LogP contribution >= 0.6 is 0 Å². The molecule has 0 unspecified atom stereocenters. The number of hydrogen-bond acceptors (Lipinski definition) is 5. The van der Waals surface area contributed by atoms with Crippen LogP contribution in [-0.4, -0.2) is 48.1 Å². The van der Waals surface area contributed by atoms with Crippen molar-refractivity contribution in [2.45, 2.75) is 0 Å². The van der Waals surface area contributed by atoms with Crippen molar-refractivity contribution >= 4 is 11.4 Å². The van der Waals surface area contributed by atoms with Crippen LogP contribution in [-0.2, 0) is 0 Å². The number of rotatable bonds is 4. The summed E-state index contributed by atoms with van der Waals surface area (Å²) in [4.78, 5) is 15.9. The first-order valence-corrected chi connectivity index (χ1v) is 8.71. The number of anilines is 2. The van der Waals surface area contributed by atoms with Crippen LogP contribution in [0, 0.1) is 5.82 Å². The van der Waals surface area contributed by atoms with E-state index in [1.54, 1.807) is 19.2 Å². The highest BCUT2D eigenvalue weighted by Gasteiger charge is 2.20. The van der Waals surface area contributed by atoms with Crippen molar-refractivity contribution in [3.63, 3.8) is 0 Å². The second kappa shape index (κ2) is 7.14. The van der Waals surface area contributed by atoms with Gasteiger partial charge in [0, 0.05) is 37.9 Å². The molecule has 140 valence electrons. The Bertz CT molecular complexity index is 974. The summed E-state index contributed by atoms with van der Waals surface area (Å²) in [6.07, 6.45) is 1.34. The highest BCUT2D eigenvalue weighted by atomic mass is 19.1. The summed E-state index contributed by atoms with van der Waals surface area (Å²) in [5.74, 6) is 0.481. The molecule has 4 rings (SSSR count). The van der Waals surface area contributed by atoms with Gasteiger partial charge in [-0.15, -0.1) is 0 Å². The summed E-state index contributed by atoms with van der Waals surface area (Å²) in [6.45, 7) is 3.03. The maximum atomic E-state index is 14.6. The lowest BCUT2D eigenvalue weighted by molar-refractivity contribution is 0.415. The van der Waals surface area contributed by atoms with Crippen LogP contribution < -0.4 is 20.2 Å². The number of benzene rings is 2. The van der Waals surface area contributed by atoms with E-state index < -0.39 is 5.69 Å². The quantitative estimate of drug-likeness (QED) is 0.762. The maximum Gasteiger partial charge on any atom is 0.347 e. The molecule has 0 aliphatic carbocycles. The molecule has 0 radical (unpaired) electrons. The molecule has 7 nitrogen and oxygen atoms in total. The second-order valence-electron chi connectivity index (χ2n) is 6.34. The molecule has 1 N–H and O–H groups in total. The van der Waals surface area contributed by atoms with E-state index in [1.165, 1.54) is 17.0 Å². The molecule has 1 aliphatic rings. The summed E-state index contributed by atoms with van der Waals surface area (Å²) < 4.78 is 21.1. The molecule has 0 bridgehead atoms. The van der Waals surface area contributed by atoms with Crippen LogP contribution in [0.3, 0.4) is 0 Å². The van der Waals surface area contributed by atoms with Gasteiger partial charge in [-0.3, -0.25) is 0 Å². The fourth-order valence-corrected chi connectivity index (χ4v) is 3.33. The molecule has 1 saturated heterocycles. The second-order valence-corrected chi connectivity index (χ2v) is 6.34. The minimum absolute atomic E-state index is 0.349. The smallest absolute Gasteiger partial charge is 0.347 e. The predicted octanol–water partition coefficient (Wildman–Crippen LogP) is 2.03. The zero-order valence-electron chi connectivity index (χ0n) is 14.9. The fourth-order valence-electron chi connectivity index (χ4n) is 3.33. The molecule has 0 spiro atoms. The van der Waals surface area contributed by atoms with Crippen LogP contribution in [0.5, 0.6) is 5.75 Å². The number of methoxy groups -OCH3 is 1. The van der Waals surface area contributed by atoms with Crippen molar-refractivity contribution in [2.75, 3.05) is 43.1 Å². The lowest BCUT2D eigenvalue weighted by atomic mass is 10.2. The van der Waals surface area contributed by atoms with E-state index in [1.807, 2.05) is 29.2 Å². The molecule has 0 amide bonds. The number of piperazine rings is 1. The lowest BCUT2D eigenvalue weighted by Crippen LogP contribution is -2.46. The van der Waals surface area contributed by atoms with E-state index in [2.05, 4.69) is 15.1 Å². The monoisotopic (exact) mass is 369 g/mol. The van der Waals surface area contributed by atoms with Gasteiger partial charge in [-0.2, -0.15) is 5.10 Å². The van der Waals surface area contributed by atoms with Crippen molar-refractivity contribution in [1.82, 2.24) is 14.8 Å². The molecule has 2 aromatic carbocycles.